The Hall–Kier alpha value is -3.01. The fourth-order valence-corrected chi connectivity index (χ4v) is 5.58. The number of alkyl halides is 7. The largest absolute Gasteiger partial charge is 0.435 e. The lowest BCUT2D eigenvalue weighted by Gasteiger charge is -2.31. The number of nitrogens with one attached hydrogen (secondary N) is 1. The van der Waals surface area contributed by atoms with E-state index >= 15 is 4.39 Å². The molecule has 15 heteroatoms. The molecule has 0 bridgehead atoms. The third-order valence-corrected chi connectivity index (χ3v) is 7.29. The number of nitriles is 1. The molecule has 0 saturated carbocycles. The molecule has 0 atom stereocenters. The maximum atomic E-state index is 15.4. The molecular formula is C25H13F8I2N3O2. The Kier molecular flexibility index (Phi) is 9.03. The smallest absolute Gasteiger partial charge is 0.320 e. The van der Waals surface area contributed by atoms with E-state index in [2.05, 4.69) is 5.32 Å². The van der Waals surface area contributed by atoms with E-state index in [1.165, 1.54) is 88.6 Å². The van der Waals surface area contributed by atoms with Crippen LogP contribution in [0.5, 0.6) is 0 Å². The number of rotatable bonds is 5. The van der Waals surface area contributed by atoms with Gasteiger partial charge < -0.3 is 10.2 Å². The summed E-state index contributed by atoms with van der Waals surface area (Å²) >= 11 is 2.63. The van der Waals surface area contributed by atoms with Crippen molar-refractivity contribution in [1.29, 1.82) is 5.26 Å². The number of benzene rings is 3. The summed E-state index contributed by atoms with van der Waals surface area (Å²) in [6.45, 7) is 0. The molecule has 0 aliphatic carbocycles. The fraction of sp³-hybridized carbons (Fsp3) is 0.160. The third kappa shape index (κ3) is 5.87. The second-order valence-corrected chi connectivity index (χ2v) is 10.4. The Labute approximate surface area is 248 Å². The van der Waals surface area contributed by atoms with E-state index < -0.39 is 46.8 Å². The Morgan fingerprint density at radius 2 is 1.45 bits per heavy atom. The van der Waals surface area contributed by atoms with Crippen LogP contribution < -0.4 is 10.2 Å². The number of hydrogen-bond acceptors (Lipinski definition) is 3. The van der Waals surface area contributed by atoms with Crippen molar-refractivity contribution in [3.05, 3.63) is 89.8 Å². The lowest BCUT2D eigenvalue weighted by atomic mass is 9.94. The summed E-state index contributed by atoms with van der Waals surface area (Å²) in [5.41, 5.74) is -8.41. The van der Waals surface area contributed by atoms with E-state index in [9.17, 15) is 40.3 Å². The van der Waals surface area contributed by atoms with E-state index in [0.29, 0.717) is 0 Å². The van der Waals surface area contributed by atoms with Crippen LogP contribution in [-0.4, -0.2) is 31.2 Å². The van der Waals surface area contributed by atoms with Gasteiger partial charge in [0, 0.05) is 25.3 Å². The molecule has 0 radical (unpaired) electrons. The molecule has 0 heterocycles. The first-order chi connectivity index (χ1) is 18.4. The summed E-state index contributed by atoms with van der Waals surface area (Å²) in [6.07, 6.45) is -12.7. The standard InChI is InChI=1S/C25H13F8I2N3O2/c1-38(22(40)13-5-2-4-12(8-13)11-36)18-7-3-6-15(19(18)26)21(39)37-20-16(34)9-14(10-17(20)35)23(27,24(28,29)30)25(31,32)33/h2-10H,1H3,(H,37,39). The summed E-state index contributed by atoms with van der Waals surface area (Å²) in [4.78, 5) is 26.6. The minimum absolute atomic E-state index is 0.0571. The molecule has 0 unspecified atom stereocenters. The van der Waals surface area contributed by atoms with Gasteiger partial charge >= 0.3 is 18.0 Å². The predicted octanol–water partition coefficient (Wildman–Crippen LogP) is 7.72. The van der Waals surface area contributed by atoms with Crippen molar-refractivity contribution < 1.29 is 44.7 Å². The second-order valence-electron chi connectivity index (χ2n) is 8.12. The zero-order valence-corrected chi connectivity index (χ0v) is 24.0. The van der Waals surface area contributed by atoms with Gasteiger partial charge in [-0.05, 0) is 87.6 Å². The average molecular weight is 793 g/mol. The molecule has 0 fully saturated rings. The highest BCUT2D eigenvalue weighted by Crippen LogP contribution is 2.54. The zero-order chi connectivity index (χ0) is 30.2. The number of halogens is 10. The first kappa shape index (κ1) is 31.5. The van der Waals surface area contributed by atoms with Crippen LogP contribution in [0.4, 0.5) is 46.5 Å². The Balaban J connectivity index is 1.96. The minimum atomic E-state index is -6.33. The highest BCUT2D eigenvalue weighted by Gasteiger charge is 2.73. The summed E-state index contributed by atoms with van der Waals surface area (Å²) in [5, 5.41) is 11.2. The van der Waals surface area contributed by atoms with E-state index in [1.54, 1.807) is 0 Å². The predicted molar refractivity (Wildman–Crippen MR) is 145 cm³/mol. The van der Waals surface area contributed by atoms with Gasteiger partial charge in [0.05, 0.1) is 28.6 Å². The number of nitrogens with zero attached hydrogens (tertiary/aromatic N) is 2. The number of carbonyl (C=O) groups excluding carboxylic acids is 2. The van der Waals surface area contributed by atoms with Gasteiger partial charge in [0.25, 0.3) is 11.8 Å². The Morgan fingerprint density at radius 1 is 0.900 bits per heavy atom. The SMILES string of the molecule is CN(C(=O)c1cccc(C#N)c1)c1cccc(C(=O)Nc2c(I)cc(C(F)(C(F)(F)F)C(F)(F)F)cc2I)c1F. The third-order valence-electron chi connectivity index (χ3n) is 5.59. The minimum Gasteiger partial charge on any atom is -0.320 e. The van der Waals surface area contributed by atoms with Crippen molar-refractivity contribution in [2.75, 3.05) is 17.3 Å². The molecule has 3 rings (SSSR count). The van der Waals surface area contributed by atoms with E-state index in [1.807, 2.05) is 6.07 Å². The molecule has 1 N–H and O–H groups in total. The summed E-state index contributed by atoms with van der Waals surface area (Å²) in [5.74, 6) is -3.02. The highest BCUT2D eigenvalue weighted by molar-refractivity contribution is 14.1. The number of anilines is 2. The van der Waals surface area contributed by atoms with Gasteiger partial charge in [0.2, 0.25) is 0 Å². The van der Waals surface area contributed by atoms with Crippen LogP contribution in [0.3, 0.4) is 0 Å². The van der Waals surface area contributed by atoms with Crippen molar-refractivity contribution in [3.8, 4) is 6.07 Å². The quantitative estimate of drug-likeness (QED) is 0.213. The monoisotopic (exact) mass is 793 g/mol. The molecule has 0 spiro atoms. The van der Waals surface area contributed by atoms with E-state index in [0.717, 1.165) is 11.0 Å². The van der Waals surface area contributed by atoms with Crippen LogP contribution >= 0.6 is 45.2 Å². The van der Waals surface area contributed by atoms with Gasteiger partial charge in [0.1, 0.15) is 0 Å². The number of carbonyl (C=O) groups is 2. The number of hydrogen-bond donors (Lipinski definition) is 1. The van der Waals surface area contributed by atoms with Crippen LogP contribution in [0.15, 0.2) is 54.6 Å². The van der Waals surface area contributed by atoms with E-state index in [4.69, 9.17) is 5.26 Å². The molecule has 0 aromatic heterocycles. The lowest BCUT2D eigenvalue weighted by Crippen LogP contribution is -2.50. The van der Waals surface area contributed by atoms with Crippen LogP contribution in [0.1, 0.15) is 31.8 Å². The first-order valence-corrected chi connectivity index (χ1v) is 12.8. The van der Waals surface area contributed by atoms with Gasteiger partial charge in [-0.15, -0.1) is 0 Å². The van der Waals surface area contributed by atoms with Gasteiger partial charge in [-0.25, -0.2) is 8.78 Å². The summed E-state index contributed by atoms with van der Waals surface area (Å²) < 4.78 is 108. The lowest BCUT2D eigenvalue weighted by molar-refractivity contribution is -0.348. The van der Waals surface area contributed by atoms with Crippen molar-refractivity contribution in [2.45, 2.75) is 18.0 Å². The van der Waals surface area contributed by atoms with Gasteiger partial charge in [-0.3, -0.25) is 9.59 Å². The molecule has 3 aromatic rings. The van der Waals surface area contributed by atoms with Crippen molar-refractivity contribution in [3.63, 3.8) is 0 Å². The van der Waals surface area contributed by atoms with Crippen molar-refractivity contribution >= 4 is 68.4 Å². The fourth-order valence-electron chi connectivity index (χ4n) is 3.54. The average Bonchev–Trinajstić information content (AvgIpc) is 2.88. The van der Waals surface area contributed by atoms with Crippen LogP contribution in [0, 0.1) is 24.3 Å². The first-order valence-electron chi connectivity index (χ1n) is 10.6. The molecule has 210 valence electrons. The van der Waals surface area contributed by atoms with Gasteiger partial charge in [0.15, 0.2) is 5.82 Å². The summed E-state index contributed by atoms with van der Waals surface area (Å²) in [6, 6.07) is 11.5. The molecule has 5 nitrogen and oxygen atoms in total. The second kappa shape index (κ2) is 11.5. The molecule has 0 aliphatic rings. The molecular weight excluding hydrogens is 780 g/mol. The van der Waals surface area contributed by atoms with Crippen molar-refractivity contribution in [2.24, 2.45) is 0 Å². The normalized spacial score (nSPS) is 12.1. The zero-order valence-electron chi connectivity index (χ0n) is 19.7. The topological polar surface area (TPSA) is 73.2 Å². The van der Waals surface area contributed by atoms with Gasteiger partial charge in [-0.2, -0.15) is 31.6 Å². The molecule has 0 saturated heterocycles. The Bertz CT molecular complexity index is 1500. The highest BCUT2D eigenvalue weighted by atomic mass is 127. The molecule has 3 aromatic carbocycles. The molecule has 40 heavy (non-hydrogen) atoms. The van der Waals surface area contributed by atoms with Crippen LogP contribution in [-0.2, 0) is 5.67 Å². The summed E-state index contributed by atoms with van der Waals surface area (Å²) in [7, 11) is 1.22. The maximum absolute atomic E-state index is 15.4. The Morgan fingerprint density at radius 3 is 1.98 bits per heavy atom. The van der Waals surface area contributed by atoms with Crippen molar-refractivity contribution in [1.82, 2.24) is 0 Å². The van der Waals surface area contributed by atoms with E-state index in [-0.39, 0.29) is 41.8 Å². The van der Waals surface area contributed by atoms with Crippen LogP contribution in [0.25, 0.3) is 0 Å². The maximum Gasteiger partial charge on any atom is 0.435 e. The number of amides is 2. The van der Waals surface area contributed by atoms with Gasteiger partial charge in [-0.1, -0.05) is 12.1 Å². The molecule has 0 aliphatic heterocycles. The van der Waals surface area contributed by atoms with Crippen LogP contribution in [0.2, 0.25) is 0 Å². The molecule has 2 amide bonds.